The SMILES string of the molecule is Cn1cc(C(=O)NNC(=O)NC(COc2ccccc2F)C(C)(C)C)c2ccccc21. The number of halogens is 1. The maximum atomic E-state index is 13.8. The fourth-order valence-electron chi connectivity index (χ4n) is 3.14. The van der Waals surface area contributed by atoms with Crippen molar-refractivity contribution in [1.29, 1.82) is 0 Å². The summed E-state index contributed by atoms with van der Waals surface area (Å²) in [7, 11) is 1.85. The Hall–Kier alpha value is -3.55. The lowest BCUT2D eigenvalue weighted by atomic mass is 9.87. The minimum absolute atomic E-state index is 0.0646. The summed E-state index contributed by atoms with van der Waals surface area (Å²) in [4.78, 5) is 25.0. The van der Waals surface area contributed by atoms with E-state index in [1.807, 2.05) is 56.7 Å². The number of ether oxygens (including phenoxy) is 1. The normalized spacial score (nSPS) is 12.3. The second kappa shape index (κ2) is 9.07. The molecule has 1 aromatic heterocycles. The average molecular weight is 426 g/mol. The van der Waals surface area contributed by atoms with Gasteiger partial charge in [-0.1, -0.05) is 51.1 Å². The van der Waals surface area contributed by atoms with Crippen molar-refractivity contribution in [3.8, 4) is 5.75 Å². The number of hydrogen-bond donors (Lipinski definition) is 3. The molecule has 31 heavy (non-hydrogen) atoms. The van der Waals surface area contributed by atoms with Crippen molar-refractivity contribution >= 4 is 22.8 Å². The van der Waals surface area contributed by atoms with Crippen LogP contribution in [0.5, 0.6) is 5.75 Å². The summed E-state index contributed by atoms with van der Waals surface area (Å²) in [5.41, 5.74) is 5.80. The van der Waals surface area contributed by atoms with Crippen LogP contribution in [0.4, 0.5) is 9.18 Å². The van der Waals surface area contributed by atoms with Crippen molar-refractivity contribution in [1.82, 2.24) is 20.7 Å². The maximum absolute atomic E-state index is 13.8. The van der Waals surface area contributed by atoms with Crippen LogP contribution in [0.25, 0.3) is 10.9 Å². The van der Waals surface area contributed by atoms with Crippen molar-refractivity contribution < 1.29 is 18.7 Å². The van der Waals surface area contributed by atoms with Gasteiger partial charge in [0.05, 0.1) is 11.6 Å². The lowest BCUT2D eigenvalue weighted by Crippen LogP contribution is -2.54. The zero-order valence-corrected chi connectivity index (χ0v) is 18.0. The van der Waals surface area contributed by atoms with Gasteiger partial charge in [-0.3, -0.25) is 10.2 Å². The second-order valence-electron chi connectivity index (χ2n) is 8.38. The van der Waals surface area contributed by atoms with Crippen LogP contribution in [0.15, 0.2) is 54.7 Å². The number of para-hydroxylation sites is 2. The number of amides is 3. The minimum Gasteiger partial charge on any atom is -0.488 e. The molecule has 1 heterocycles. The van der Waals surface area contributed by atoms with Gasteiger partial charge in [-0.15, -0.1) is 0 Å². The molecule has 0 radical (unpaired) electrons. The molecule has 3 rings (SSSR count). The zero-order chi connectivity index (χ0) is 22.6. The van der Waals surface area contributed by atoms with E-state index < -0.39 is 23.8 Å². The first-order valence-corrected chi connectivity index (χ1v) is 9.95. The largest absolute Gasteiger partial charge is 0.488 e. The molecule has 3 amide bonds. The highest BCUT2D eigenvalue weighted by molar-refractivity contribution is 6.07. The number of nitrogens with one attached hydrogen (secondary N) is 3. The molecule has 0 aliphatic rings. The van der Waals surface area contributed by atoms with E-state index in [-0.39, 0.29) is 17.8 Å². The molecule has 1 atom stereocenters. The molecule has 164 valence electrons. The molecule has 0 bridgehead atoms. The van der Waals surface area contributed by atoms with Crippen LogP contribution >= 0.6 is 0 Å². The number of carbonyl (C=O) groups is 2. The molecule has 0 aliphatic carbocycles. The van der Waals surface area contributed by atoms with Gasteiger partial charge in [0.15, 0.2) is 11.6 Å². The quantitative estimate of drug-likeness (QED) is 0.543. The summed E-state index contributed by atoms with van der Waals surface area (Å²) in [5.74, 6) is -0.785. The van der Waals surface area contributed by atoms with Gasteiger partial charge in [-0.05, 0) is 23.6 Å². The number of benzene rings is 2. The van der Waals surface area contributed by atoms with Gasteiger partial charge in [0, 0.05) is 24.1 Å². The van der Waals surface area contributed by atoms with Crippen LogP contribution < -0.4 is 20.9 Å². The highest BCUT2D eigenvalue weighted by Crippen LogP contribution is 2.22. The molecular formula is C23H27FN4O3. The van der Waals surface area contributed by atoms with E-state index in [9.17, 15) is 14.0 Å². The molecule has 0 spiro atoms. The molecule has 0 aliphatic heterocycles. The summed E-state index contributed by atoms with van der Waals surface area (Å²) < 4.78 is 21.2. The first-order chi connectivity index (χ1) is 14.7. The number of hydrazine groups is 1. The topological polar surface area (TPSA) is 84.4 Å². The van der Waals surface area contributed by atoms with Crippen molar-refractivity contribution in [2.24, 2.45) is 12.5 Å². The van der Waals surface area contributed by atoms with Gasteiger partial charge >= 0.3 is 6.03 Å². The molecule has 3 aromatic rings. The Morgan fingerprint density at radius 1 is 1.06 bits per heavy atom. The van der Waals surface area contributed by atoms with Crippen LogP contribution in [0.3, 0.4) is 0 Å². The zero-order valence-electron chi connectivity index (χ0n) is 18.0. The van der Waals surface area contributed by atoms with E-state index >= 15 is 0 Å². The number of aromatic nitrogens is 1. The van der Waals surface area contributed by atoms with Crippen LogP contribution in [-0.2, 0) is 7.05 Å². The second-order valence-corrected chi connectivity index (χ2v) is 8.38. The first-order valence-electron chi connectivity index (χ1n) is 9.95. The van der Waals surface area contributed by atoms with Crippen LogP contribution in [-0.4, -0.2) is 29.2 Å². The summed E-state index contributed by atoms with van der Waals surface area (Å²) in [6.45, 7) is 5.85. The Bertz CT molecular complexity index is 1090. The van der Waals surface area contributed by atoms with E-state index in [0.717, 1.165) is 10.9 Å². The van der Waals surface area contributed by atoms with Gasteiger partial charge in [0.2, 0.25) is 0 Å². The molecule has 2 aromatic carbocycles. The predicted octanol–water partition coefficient (Wildman–Crippen LogP) is 3.76. The van der Waals surface area contributed by atoms with Crippen molar-refractivity contribution in [2.45, 2.75) is 26.8 Å². The van der Waals surface area contributed by atoms with Gasteiger partial charge in [0.25, 0.3) is 5.91 Å². The number of fused-ring (bicyclic) bond motifs is 1. The molecule has 0 fully saturated rings. The summed E-state index contributed by atoms with van der Waals surface area (Å²) in [6.07, 6.45) is 1.71. The van der Waals surface area contributed by atoms with Gasteiger partial charge in [0.1, 0.15) is 6.61 Å². The van der Waals surface area contributed by atoms with E-state index in [0.29, 0.717) is 5.56 Å². The molecule has 7 nitrogen and oxygen atoms in total. The maximum Gasteiger partial charge on any atom is 0.333 e. The third-order valence-electron chi connectivity index (χ3n) is 5.02. The Labute approximate surface area is 180 Å². The van der Waals surface area contributed by atoms with Crippen molar-refractivity contribution in [2.75, 3.05) is 6.61 Å². The number of carbonyl (C=O) groups excluding carboxylic acids is 2. The Kier molecular flexibility index (Phi) is 6.48. The number of rotatable bonds is 5. The molecule has 0 saturated carbocycles. The van der Waals surface area contributed by atoms with Crippen LogP contribution in [0, 0.1) is 11.2 Å². The fourth-order valence-corrected chi connectivity index (χ4v) is 3.14. The molecule has 0 saturated heterocycles. The summed E-state index contributed by atoms with van der Waals surface area (Å²) >= 11 is 0. The number of aryl methyl sites for hydroxylation is 1. The van der Waals surface area contributed by atoms with E-state index in [1.54, 1.807) is 18.3 Å². The van der Waals surface area contributed by atoms with Gasteiger partial charge < -0.3 is 14.6 Å². The van der Waals surface area contributed by atoms with E-state index in [4.69, 9.17) is 4.74 Å². The third-order valence-corrected chi connectivity index (χ3v) is 5.02. The van der Waals surface area contributed by atoms with Crippen LogP contribution in [0.1, 0.15) is 31.1 Å². The number of hydrogen-bond acceptors (Lipinski definition) is 3. The fraction of sp³-hybridized carbons (Fsp3) is 0.304. The third kappa shape index (κ3) is 5.33. The Morgan fingerprint density at radius 3 is 2.45 bits per heavy atom. The van der Waals surface area contributed by atoms with Crippen molar-refractivity contribution in [3.05, 3.63) is 66.1 Å². The Morgan fingerprint density at radius 2 is 1.74 bits per heavy atom. The monoisotopic (exact) mass is 426 g/mol. The smallest absolute Gasteiger partial charge is 0.333 e. The standard InChI is InChI=1S/C23H27FN4O3/c1-23(2,3)20(14-31-19-12-8-6-10-17(19)24)25-22(30)27-26-21(29)16-13-28(4)18-11-7-5-9-15(16)18/h5-13,20H,14H2,1-4H3,(H,26,29)(H2,25,27,30). The highest BCUT2D eigenvalue weighted by Gasteiger charge is 2.27. The summed E-state index contributed by atoms with van der Waals surface area (Å²) in [5, 5.41) is 3.57. The lowest BCUT2D eigenvalue weighted by Gasteiger charge is -2.31. The van der Waals surface area contributed by atoms with Gasteiger partial charge in [-0.2, -0.15) is 0 Å². The number of nitrogens with zero attached hydrogens (tertiary/aromatic N) is 1. The predicted molar refractivity (Wildman–Crippen MR) is 117 cm³/mol. The van der Waals surface area contributed by atoms with Crippen molar-refractivity contribution in [3.63, 3.8) is 0 Å². The molecular weight excluding hydrogens is 399 g/mol. The van der Waals surface area contributed by atoms with Crippen LogP contribution in [0.2, 0.25) is 0 Å². The Balaban J connectivity index is 1.60. The lowest BCUT2D eigenvalue weighted by molar-refractivity contribution is 0.0935. The molecule has 8 heteroatoms. The first kappa shape index (κ1) is 22.1. The van der Waals surface area contributed by atoms with E-state index in [2.05, 4.69) is 16.2 Å². The summed E-state index contributed by atoms with van der Waals surface area (Å²) in [6, 6.07) is 12.6. The van der Waals surface area contributed by atoms with E-state index in [1.165, 1.54) is 12.1 Å². The highest BCUT2D eigenvalue weighted by atomic mass is 19.1. The molecule has 3 N–H and O–H groups in total. The van der Waals surface area contributed by atoms with Gasteiger partial charge in [-0.25, -0.2) is 14.6 Å². The average Bonchev–Trinajstić information content (AvgIpc) is 3.06. The number of urea groups is 1. The molecule has 1 unspecified atom stereocenters. The minimum atomic E-state index is -0.592.